The second-order valence-electron chi connectivity index (χ2n) is 7.97. The Kier molecular flexibility index (Phi) is 9.80. The number of nitrogens with zero attached hydrogens (tertiary/aromatic N) is 2. The molecular formula is C25H34N2O6. The van der Waals surface area contributed by atoms with Crippen molar-refractivity contribution in [2.24, 2.45) is 0 Å². The van der Waals surface area contributed by atoms with Crippen LogP contribution in [-0.4, -0.2) is 86.6 Å². The molecule has 2 aromatic carbocycles. The van der Waals surface area contributed by atoms with Gasteiger partial charge in [0.1, 0.15) is 18.5 Å². The molecule has 1 aliphatic rings. The van der Waals surface area contributed by atoms with Crippen molar-refractivity contribution in [3.05, 3.63) is 54.1 Å². The number of carbonyl (C=O) groups excluding carboxylic acids is 1. The first-order valence-corrected chi connectivity index (χ1v) is 11.3. The predicted octanol–water partition coefficient (Wildman–Crippen LogP) is 2.19. The first-order chi connectivity index (χ1) is 16.0. The topological polar surface area (TPSA) is 80.7 Å². The number of ether oxygens (including phenoxy) is 4. The highest BCUT2D eigenvalue weighted by Crippen LogP contribution is 2.26. The van der Waals surface area contributed by atoms with Crippen LogP contribution in [0.15, 0.2) is 48.5 Å². The maximum Gasteiger partial charge on any atom is 0.260 e. The Hall–Kier alpha value is -2.81. The van der Waals surface area contributed by atoms with Crippen LogP contribution < -0.4 is 14.2 Å². The number of aliphatic hydroxyl groups excluding tert-OH is 1. The van der Waals surface area contributed by atoms with E-state index >= 15 is 0 Å². The maximum absolute atomic E-state index is 12.2. The number of para-hydroxylation sites is 2. The molecule has 0 saturated carbocycles. The number of aliphatic hydroxyl groups is 1. The van der Waals surface area contributed by atoms with Crippen LogP contribution >= 0.6 is 0 Å². The van der Waals surface area contributed by atoms with E-state index in [1.165, 1.54) is 0 Å². The molecule has 8 nitrogen and oxygen atoms in total. The Morgan fingerprint density at radius 1 is 1.06 bits per heavy atom. The molecule has 0 unspecified atom stereocenters. The van der Waals surface area contributed by atoms with Gasteiger partial charge in [0, 0.05) is 26.2 Å². The van der Waals surface area contributed by atoms with Crippen LogP contribution in [0.3, 0.4) is 0 Å². The van der Waals surface area contributed by atoms with Crippen molar-refractivity contribution >= 4 is 5.91 Å². The number of carbonyl (C=O) groups is 1. The van der Waals surface area contributed by atoms with Crippen molar-refractivity contribution in [2.75, 3.05) is 59.7 Å². The molecule has 1 amide bonds. The molecule has 33 heavy (non-hydrogen) atoms. The predicted molar refractivity (Wildman–Crippen MR) is 125 cm³/mol. The Labute approximate surface area is 195 Å². The second kappa shape index (κ2) is 13.0. The lowest BCUT2D eigenvalue weighted by atomic mass is 10.2. The average Bonchev–Trinajstić information content (AvgIpc) is 2.83. The van der Waals surface area contributed by atoms with E-state index in [9.17, 15) is 9.90 Å². The van der Waals surface area contributed by atoms with Gasteiger partial charge in [-0.25, -0.2) is 0 Å². The summed E-state index contributed by atoms with van der Waals surface area (Å²) >= 11 is 0. The van der Waals surface area contributed by atoms with Crippen molar-refractivity contribution in [3.8, 4) is 17.2 Å². The zero-order valence-electron chi connectivity index (χ0n) is 19.4. The molecule has 0 spiro atoms. The lowest BCUT2D eigenvalue weighted by Gasteiger charge is -2.26. The molecule has 180 valence electrons. The first-order valence-electron chi connectivity index (χ1n) is 11.3. The third kappa shape index (κ3) is 8.24. The molecule has 1 aliphatic heterocycles. The van der Waals surface area contributed by atoms with Crippen LogP contribution in [0.2, 0.25) is 0 Å². The van der Waals surface area contributed by atoms with Crippen molar-refractivity contribution in [2.45, 2.75) is 19.6 Å². The minimum Gasteiger partial charge on any atom is -0.490 e. The summed E-state index contributed by atoms with van der Waals surface area (Å²) in [6.45, 7) is 6.19. The van der Waals surface area contributed by atoms with E-state index in [2.05, 4.69) is 0 Å². The van der Waals surface area contributed by atoms with Gasteiger partial charge in [-0.05, 0) is 43.8 Å². The minimum atomic E-state index is -0.640. The minimum absolute atomic E-state index is 0.0257. The summed E-state index contributed by atoms with van der Waals surface area (Å²) in [5.74, 6) is 1.94. The quantitative estimate of drug-likeness (QED) is 0.522. The molecule has 8 heteroatoms. The van der Waals surface area contributed by atoms with E-state index in [1.807, 2.05) is 67.4 Å². The Bertz CT molecular complexity index is 854. The number of benzene rings is 2. The van der Waals surface area contributed by atoms with Crippen LogP contribution in [0.1, 0.15) is 12.5 Å². The summed E-state index contributed by atoms with van der Waals surface area (Å²) in [5.41, 5.74) is 1.08. The molecule has 0 aliphatic carbocycles. The van der Waals surface area contributed by atoms with Crippen LogP contribution in [0, 0.1) is 0 Å². The van der Waals surface area contributed by atoms with E-state index in [0.717, 1.165) is 5.56 Å². The van der Waals surface area contributed by atoms with Gasteiger partial charge in [0.2, 0.25) is 0 Å². The summed E-state index contributed by atoms with van der Waals surface area (Å²) in [6, 6.07) is 15.1. The largest absolute Gasteiger partial charge is 0.490 e. The highest BCUT2D eigenvalue weighted by atomic mass is 16.5. The van der Waals surface area contributed by atoms with Crippen molar-refractivity contribution in [1.29, 1.82) is 0 Å². The molecule has 1 saturated heterocycles. The summed E-state index contributed by atoms with van der Waals surface area (Å²) in [4.78, 5) is 16.0. The lowest BCUT2D eigenvalue weighted by Crippen LogP contribution is -2.42. The highest BCUT2D eigenvalue weighted by molar-refractivity contribution is 5.77. The third-order valence-electron chi connectivity index (χ3n) is 5.20. The SMILES string of the molecule is CCOc1ccccc1OC[C@@H](O)CN(C)Cc1ccc(OCC(=O)N2CCOCC2)cc1. The van der Waals surface area contributed by atoms with Crippen molar-refractivity contribution < 1.29 is 28.8 Å². The van der Waals surface area contributed by atoms with Crippen LogP contribution in [0.4, 0.5) is 0 Å². The number of amides is 1. The molecule has 0 bridgehead atoms. The van der Waals surface area contributed by atoms with Gasteiger partial charge < -0.3 is 29.0 Å². The van der Waals surface area contributed by atoms with E-state index in [1.54, 1.807) is 4.90 Å². The summed E-state index contributed by atoms with van der Waals surface area (Å²) in [7, 11) is 1.95. The summed E-state index contributed by atoms with van der Waals surface area (Å²) in [6.07, 6.45) is -0.640. The standard InChI is InChI=1S/C25H34N2O6/c1-3-31-23-6-4-5-7-24(23)33-18-21(28)17-26(2)16-20-8-10-22(11-9-20)32-19-25(29)27-12-14-30-15-13-27/h4-11,21,28H,3,12-19H2,1-2H3/t21-/m0/s1. The van der Waals surface area contributed by atoms with Gasteiger partial charge in [-0.3, -0.25) is 9.69 Å². The van der Waals surface area contributed by atoms with Crippen molar-refractivity contribution in [1.82, 2.24) is 9.80 Å². The van der Waals surface area contributed by atoms with Crippen LogP contribution in [-0.2, 0) is 16.1 Å². The monoisotopic (exact) mass is 458 g/mol. The van der Waals surface area contributed by atoms with Gasteiger partial charge in [0.05, 0.1) is 19.8 Å². The summed E-state index contributed by atoms with van der Waals surface area (Å²) in [5, 5.41) is 10.4. The molecule has 1 atom stereocenters. The van der Waals surface area contributed by atoms with Crippen LogP contribution in [0.5, 0.6) is 17.2 Å². The summed E-state index contributed by atoms with van der Waals surface area (Å²) < 4.78 is 22.2. The van der Waals surface area contributed by atoms with E-state index < -0.39 is 6.10 Å². The fourth-order valence-electron chi connectivity index (χ4n) is 3.56. The third-order valence-corrected chi connectivity index (χ3v) is 5.20. The Morgan fingerprint density at radius 2 is 1.73 bits per heavy atom. The normalized spacial score (nSPS) is 14.7. The molecule has 2 aromatic rings. The van der Waals surface area contributed by atoms with E-state index in [-0.39, 0.29) is 19.1 Å². The maximum atomic E-state index is 12.2. The number of rotatable bonds is 12. The molecule has 3 rings (SSSR count). The zero-order chi connectivity index (χ0) is 23.5. The Morgan fingerprint density at radius 3 is 2.39 bits per heavy atom. The second-order valence-corrected chi connectivity index (χ2v) is 7.97. The first kappa shape index (κ1) is 24.8. The van der Waals surface area contributed by atoms with Gasteiger partial charge >= 0.3 is 0 Å². The molecule has 1 heterocycles. The number of hydrogen-bond donors (Lipinski definition) is 1. The fourth-order valence-corrected chi connectivity index (χ4v) is 3.56. The van der Waals surface area contributed by atoms with Gasteiger partial charge in [0.25, 0.3) is 5.91 Å². The molecule has 0 aromatic heterocycles. The molecular weight excluding hydrogens is 424 g/mol. The van der Waals surface area contributed by atoms with Gasteiger partial charge in [-0.15, -0.1) is 0 Å². The smallest absolute Gasteiger partial charge is 0.260 e. The number of hydrogen-bond acceptors (Lipinski definition) is 7. The highest BCUT2D eigenvalue weighted by Gasteiger charge is 2.17. The molecule has 1 fully saturated rings. The molecule has 0 radical (unpaired) electrons. The van der Waals surface area contributed by atoms with E-state index in [0.29, 0.717) is 63.2 Å². The fraction of sp³-hybridized carbons (Fsp3) is 0.480. The Balaban J connectivity index is 1.39. The lowest BCUT2D eigenvalue weighted by molar-refractivity contribution is -0.137. The van der Waals surface area contributed by atoms with Gasteiger partial charge in [-0.1, -0.05) is 24.3 Å². The number of morpholine rings is 1. The van der Waals surface area contributed by atoms with Crippen molar-refractivity contribution in [3.63, 3.8) is 0 Å². The number of likely N-dealkylation sites (N-methyl/N-ethyl adjacent to an activating group) is 1. The zero-order valence-corrected chi connectivity index (χ0v) is 19.4. The van der Waals surface area contributed by atoms with Gasteiger partial charge in [0.15, 0.2) is 18.1 Å². The van der Waals surface area contributed by atoms with Crippen LogP contribution in [0.25, 0.3) is 0 Å². The van der Waals surface area contributed by atoms with E-state index in [4.69, 9.17) is 18.9 Å². The van der Waals surface area contributed by atoms with Gasteiger partial charge in [-0.2, -0.15) is 0 Å². The average molecular weight is 459 g/mol. The molecule has 1 N–H and O–H groups in total.